The zero-order chi connectivity index (χ0) is 14.1. The van der Waals surface area contributed by atoms with Gasteiger partial charge in [-0.1, -0.05) is 6.07 Å². The number of hydrogen-bond acceptors (Lipinski definition) is 6. The van der Waals surface area contributed by atoms with Crippen LogP contribution in [0, 0.1) is 6.92 Å². The predicted molar refractivity (Wildman–Crippen MR) is 72.5 cm³/mol. The van der Waals surface area contributed by atoms with Crippen LogP contribution in [0.1, 0.15) is 15.4 Å². The molecule has 0 radical (unpaired) electrons. The molecule has 6 nitrogen and oxygen atoms in total. The molecule has 1 N–H and O–H groups in total. The van der Waals surface area contributed by atoms with Crippen LogP contribution in [0.2, 0.25) is 0 Å². The predicted octanol–water partition coefficient (Wildman–Crippen LogP) is 2.87. The van der Waals surface area contributed by atoms with Crippen molar-refractivity contribution in [3.63, 3.8) is 0 Å². The van der Waals surface area contributed by atoms with E-state index in [4.69, 9.17) is 9.52 Å². The van der Waals surface area contributed by atoms with Gasteiger partial charge in [0.1, 0.15) is 5.69 Å². The monoisotopic (exact) mass is 287 g/mol. The first-order valence-corrected chi connectivity index (χ1v) is 6.61. The van der Waals surface area contributed by atoms with Gasteiger partial charge >= 0.3 is 5.97 Å². The average Bonchev–Trinajstić information content (AvgIpc) is 3.07. The van der Waals surface area contributed by atoms with Crippen molar-refractivity contribution >= 4 is 17.3 Å². The summed E-state index contributed by atoms with van der Waals surface area (Å²) in [6.45, 7) is 1.89. The van der Waals surface area contributed by atoms with Gasteiger partial charge in [-0.2, -0.15) is 0 Å². The highest BCUT2D eigenvalue weighted by Crippen LogP contribution is 2.25. The second-order valence-corrected chi connectivity index (χ2v) is 5.11. The van der Waals surface area contributed by atoms with Crippen LogP contribution in [-0.2, 0) is 0 Å². The fourth-order valence-corrected chi connectivity index (χ4v) is 2.28. The van der Waals surface area contributed by atoms with E-state index in [1.165, 1.54) is 23.5 Å². The zero-order valence-corrected chi connectivity index (χ0v) is 11.2. The van der Waals surface area contributed by atoms with E-state index in [0.29, 0.717) is 17.1 Å². The summed E-state index contributed by atoms with van der Waals surface area (Å²) in [5, 5.41) is 19.6. The Hall–Kier alpha value is -2.54. The second-order valence-electron chi connectivity index (χ2n) is 4.05. The lowest BCUT2D eigenvalue weighted by Crippen LogP contribution is -1.95. The molecular weight excluding hydrogens is 278 g/mol. The molecule has 0 saturated heterocycles. The van der Waals surface area contributed by atoms with E-state index in [1.54, 1.807) is 12.1 Å². The molecule has 0 amide bonds. The third-order valence-corrected chi connectivity index (χ3v) is 3.39. The van der Waals surface area contributed by atoms with Crippen LogP contribution < -0.4 is 0 Å². The number of benzene rings is 1. The Balaban J connectivity index is 1.98. The van der Waals surface area contributed by atoms with E-state index in [9.17, 15) is 4.79 Å². The Bertz CT molecular complexity index is 779. The summed E-state index contributed by atoms with van der Waals surface area (Å²) in [5.41, 5.74) is 1.36. The number of nitrogens with zero attached hydrogens (tertiary/aromatic N) is 3. The summed E-state index contributed by atoms with van der Waals surface area (Å²) in [5.74, 6) is -0.402. The number of aromatic carboxylic acids is 1. The van der Waals surface area contributed by atoms with Gasteiger partial charge in [0, 0.05) is 10.9 Å². The van der Waals surface area contributed by atoms with Crippen molar-refractivity contribution in [1.82, 2.24) is 15.2 Å². The molecule has 100 valence electrons. The van der Waals surface area contributed by atoms with Gasteiger partial charge in [-0.25, -0.2) is 9.78 Å². The third kappa shape index (κ3) is 2.30. The molecule has 0 unspecified atom stereocenters. The fourth-order valence-electron chi connectivity index (χ4n) is 1.69. The molecule has 7 heteroatoms. The fraction of sp³-hybridized carbons (Fsp3) is 0.0769. The Kier molecular flexibility index (Phi) is 3.03. The van der Waals surface area contributed by atoms with Gasteiger partial charge in [-0.3, -0.25) is 0 Å². The molecule has 2 heterocycles. The number of aromatic nitrogens is 3. The molecule has 0 spiro atoms. The Morgan fingerprint density at radius 2 is 2.10 bits per heavy atom. The molecule has 0 saturated carbocycles. The maximum atomic E-state index is 10.9. The number of carbonyl (C=O) groups is 1. The topological polar surface area (TPSA) is 89.1 Å². The van der Waals surface area contributed by atoms with Crippen molar-refractivity contribution in [2.75, 3.05) is 0 Å². The lowest BCUT2D eigenvalue weighted by Gasteiger charge is -1.96. The normalized spacial score (nSPS) is 10.7. The SMILES string of the molecule is Cc1nc(-c2nnc(-c3cccc(C(=O)O)c3)o2)cs1. The van der Waals surface area contributed by atoms with Gasteiger partial charge in [0.15, 0.2) is 0 Å². The Labute approximate surface area is 117 Å². The highest BCUT2D eigenvalue weighted by Gasteiger charge is 2.14. The number of carboxylic acid groups (broad SMARTS) is 1. The molecule has 0 bridgehead atoms. The molecular formula is C13H9N3O3S. The highest BCUT2D eigenvalue weighted by molar-refractivity contribution is 7.09. The van der Waals surface area contributed by atoms with Crippen molar-refractivity contribution < 1.29 is 14.3 Å². The van der Waals surface area contributed by atoms with E-state index in [2.05, 4.69) is 15.2 Å². The first-order chi connectivity index (χ1) is 9.63. The first-order valence-electron chi connectivity index (χ1n) is 5.73. The van der Waals surface area contributed by atoms with E-state index in [1.807, 2.05) is 12.3 Å². The minimum Gasteiger partial charge on any atom is -0.478 e. The molecule has 3 aromatic rings. The Morgan fingerprint density at radius 1 is 1.30 bits per heavy atom. The van der Waals surface area contributed by atoms with Crippen LogP contribution in [0.25, 0.3) is 23.0 Å². The quantitative estimate of drug-likeness (QED) is 0.796. The smallest absolute Gasteiger partial charge is 0.335 e. The Morgan fingerprint density at radius 3 is 2.80 bits per heavy atom. The van der Waals surface area contributed by atoms with Crippen molar-refractivity contribution in [3.8, 4) is 23.0 Å². The number of hydrogen-bond donors (Lipinski definition) is 1. The van der Waals surface area contributed by atoms with Gasteiger partial charge in [0.2, 0.25) is 5.89 Å². The molecule has 0 aliphatic heterocycles. The maximum Gasteiger partial charge on any atom is 0.335 e. The largest absolute Gasteiger partial charge is 0.478 e. The molecule has 1 aromatic carbocycles. The summed E-state index contributed by atoms with van der Waals surface area (Å²) in [6, 6.07) is 6.35. The van der Waals surface area contributed by atoms with Crippen LogP contribution in [0.15, 0.2) is 34.1 Å². The number of aryl methyl sites for hydroxylation is 1. The highest BCUT2D eigenvalue weighted by atomic mass is 32.1. The first kappa shape index (κ1) is 12.5. The van der Waals surface area contributed by atoms with E-state index in [0.717, 1.165) is 5.01 Å². The number of rotatable bonds is 3. The summed E-state index contributed by atoms with van der Waals surface area (Å²) in [7, 11) is 0. The molecule has 0 fully saturated rings. The minimum absolute atomic E-state index is 0.173. The summed E-state index contributed by atoms with van der Waals surface area (Å²) in [6.07, 6.45) is 0. The van der Waals surface area contributed by atoms with Crippen LogP contribution in [0.5, 0.6) is 0 Å². The van der Waals surface area contributed by atoms with Crippen molar-refractivity contribution in [3.05, 3.63) is 40.2 Å². The standard InChI is InChI=1S/C13H9N3O3S/c1-7-14-10(6-20-7)12-16-15-11(19-12)8-3-2-4-9(5-8)13(17)18/h2-6H,1H3,(H,17,18). The molecule has 20 heavy (non-hydrogen) atoms. The van der Waals surface area contributed by atoms with Crippen LogP contribution in [0.3, 0.4) is 0 Å². The van der Waals surface area contributed by atoms with Crippen LogP contribution in [-0.4, -0.2) is 26.3 Å². The summed E-state index contributed by atoms with van der Waals surface area (Å²) < 4.78 is 5.53. The van der Waals surface area contributed by atoms with E-state index in [-0.39, 0.29) is 11.5 Å². The van der Waals surface area contributed by atoms with Crippen LogP contribution in [0.4, 0.5) is 0 Å². The zero-order valence-electron chi connectivity index (χ0n) is 10.4. The van der Waals surface area contributed by atoms with Crippen LogP contribution >= 0.6 is 11.3 Å². The van der Waals surface area contributed by atoms with Crippen molar-refractivity contribution in [2.24, 2.45) is 0 Å². The third-order valence-electron chi connectivity index (χ3n) is 2.62. The average molecular weight is 287 g/mol. The van der Waals surface area contributed by atoms with Gasteiger partial charge in [-0.05, 0) is 25.1 Å². The van der Waals surface area contributed by atoms with Crippen molar-refractivity contribution in [1.29, 1.82) is 0 Å². The summed E-state index contributed by atoms with van der Waals surface area (Å²) in [4.78, 5) is 15.2. The lowest BCUT2D eigenvalue weighted by molar-refractivity contribution is 0.0697. The molecule has 2 aromatic heterocycles. The minimum atomic E-state index is -0.998. The van der Waals surface area contributed by atoms with Crippen molar-refractivity contribution in [2.45, 2.75) is 6.92 Å². The van der Waals surface area contributed by atoms with E-state index < -0.39 is 5.97 Å². The molecule has 3 rings (SSSR count). The molecule has 0 atom stereocenters. The second kappa shape index (κ2) is 4.86. The maximum absolute atomic E-state index is 10.9. The summed E-state index contributed by atoms with van der Waals surface area (Å²) >= 11 is 1.49. The molecule has 0 aliphatic carbocycles. The number of thiazole rings is 1. The van der Waals surface area contributed by atoms with E-state index >= 15 is 0 Å². The van der Waals surface area contributed by atoms with Gasteiger partial charge in [0.25, 0.3) is 5.89 Å². The van der Waals surface area contributed by atoms with Gasteiger partial charge in [0.05, 0.1) is 10.6 Å². The number of carboxylic acids is 1. The van der Waals surface area contributed by atoms with Gasteiger partial charge in [-0.15, -0.1) is 21.5 Å². The molecule has 0 aliphatic rings. The lowest BCUT2D eigenvalue weighted by atomic mass is 10.1. The van der Waals surface area contributed by atoms with Gasteiger partial charge < -0.3 is 9.52 Å².